The maximum Gasteiger partial charge on any atom is 0.185 e. The normalized spacial score (nSPS) is 11.0. The van der Waals surface area contributed by atoms with Crippen LogP contribution < -0.4 is 5.73 Å². The number of fused-ring (bicyclic) bond motifs is 1. The molecule has 0 bridgehead atoms. The van der Waals surface area contributed by atoms with Crippen molar-refractivity contribution in [2.75, 3.05) is 5.73 Å². The summed E-state index contributed by atoms with van der Waals surface area (Å²) in [5.74, 6) is 0.682. The van der Waals surface area contributed by atoms with Crippen LogP contribution in [0.4, 0.5) is 5.69 Å². The van der Waals surface area contributed by atoms with Crippen LogP contribution in [-0.4, -0.2) is 19.8 Å². The lowest BCUT2D eigenvalue weighted by Gasteiger charge is -2.02. The summed E-state index contributed by atoms with van der Waals surface area (Å²) in [6, 6.07) is 9.43. The molecule has 0 unspecified atom stereocenters. The van der Waals surface area contributed by atoms with Crippen LogP contribution in [0.3, 0.4) is 0 Å². The van der Waals surface area contributed by atoms with Crippen LogP contribution in [-0.2, 0) is 0 Å². The molecule has 5 nitrogen and oxygen atoms in total. The molecule has 3 rings (SSSR count). The molecule has 2 heterocycles. The molecule has 2 N–H and O–H groups in total. The number of hydrogen-bond acceptors (Lipinski definition) is 4. The fraction of sp³-hybridized carbons (Fsp3) is 0.0833. The molecule has 3 aromatic rings. The molecule has 0 aliphatic rings. The Bertz CT molecular complexity index is 714. The number of hydrogen-bond donors (Lipinski definition) is 1. The predicted octanol–water partition coefficient (Wildman–Crippen LogP) is 2.44. The molecule has 0 atom stereocenters. The van der Waals surface area contributed by atoms with Gasteiger partial charge >= 0.3 is 0 Å². The van der Waals surface area contributed by atoms with Crippen molar-refractivity contribution in [2.24, 2.45) is 0 Å². The van der Waals surface area contributed by atoms with Gasteiger partial charge in [-0.1, -0.05) is 15.9 Å². The first kappa shape index (κ1) is 11.2. The van der Waals surface area contributed by atoms with Gasteiger partial charge in [0.15, 0.2) is 11.5 Å². The fourth-order valence-corrected chi connectivity index (χ4v) is 2.31. The van der Waals surface area contributed by atoms with E-state index >= 15 is 0 Å². The highest BCUT2D eigenvalue weighted by molar-refractivity contribution is 9.10. The van der Waals surface area contributed by atoms with Gasteiger partial charge in [0.25, 0.3) is 0 Å². The fourth-order valence-electron chi connectivity index (χ4n) is 1.80. The number of anilines is 1. The average molecular weight is 304 g/mol. The highest BCUT2D eigenvalue weighted by atomic mass is 79.9. The van der Waals surface area contributed by atoms with Gasteiger partial charge in [0.05, 0.1) is 5.69 Å². The number of aryl methyl sites for hydroxylation is 1. The van der Waals surface area contributed by atoms with Gasteiger partial charge in [0, 0.05) is 15.7 Å². The smallest absolute Gasteiger partial charge is 0.185 e. The highest BCUT2D eigenvalue weighted by Crippen LogP contribution is 2.25. The van der Waals surface area contributed by atoms with Crippen molar-refractivity contribution in [3.8, 4) is 11.4 Å². The van der Waals surface area contributed by atoms with E-state index in [0.717, 1.165) is 15.7 Å². The summed E-state index contributed by atoms with van der Waals surface area (Å²) in [5.41, 5.74) is 9.01. The van der Waals surface area contributed by atoms with E-state index in [1.54, 1.807) is 4.52 Å². The van der Waals surface area contributed by atoms with Crippen LogP contribution in [0.5, 0.6) is 0 Å². The van der Waals surface area contributed by atoms with Gasteiger partial charge in [-0.25, -0.2) is 0 Å². The molecule has 0 fully saturated rings. The molecule has 0 spiro atoms. The van der Waals surface area contributed by atoms with Crippen LogP contribution in [0.2, 0.25) is 0 Å². The summed E-state index contributed by atoms with van der Waals surface area (Å²) in [6.07, 6.45) is 0. The minimum Gasteiger partial charge on any atom is -0.399 e. The third-order valence-corrected chi connectivity index (χ3v) is 3.03. The Morgan fingerprint density at radius 3 is 2.78 bits per heavy atom. The minimum absolute atomic E-state index is 0.670. The summed E-state index contributed by atoms with van der Waals surface area (Å²) in [5, 5.41) is 12.7. The summed E-state index contributed by atoms with van der Waals surface area (Å²) in [6.45, 7) is 1.93. The molecule has 0 saturated heterocycles. The van der Waals surface area contributed by atoms with Crippen molar-refractivity contribution in [3.63, 3.8) is 0 Å². The number of nitrogen functional groups attached to an aromatic ring is 1. The van der Waals surface area contributed by atoms with E-state index in [1.807, 2.05) is 37.3 Å². The zero-order chi connectivity index (χ0) is 12.7. The van der Waals surface area contributed by atoms with Crippen LogP contribution in [0.15, 0.2) is 34.8 Å². The largest absolute Gasteiger partial charge is 0.399 e. The van der Waals surface area contributed by atoms with Gasteiger partial charge in [0.2, 0.25) is 0 Å². The summed E-state index contributed by atoms with van der Waals surface area (Å²) in [7, 11) is 0. The van der Waals surface area contributed by atoms with Crippen LogP contribution in [0, 0.1) is 6.92 Å². The lowest BCUT2D eigenvalue weighted by Crippen LogP contribution is -1.97. The van der Waals surface area contributed by atoms with Crippen molar-refractivity contribution < 1.29 is 0 Å². The Morgan fingerprint density at radius 2 is 2.00 bits per heavy atom. The van der Waals surface area contributed by atoms with Gasteiger partial charge in [-0.15, -0.1) is 10.2 Å². The Labute approximate surface area is 112 Å². The highest BCUT2D eigenvalue weighted by Gasteiger charge is 2.10. The molecular weight excluding hydrogens is 294 g/mol. The van der Waals surface area contributed by atoms with Gasteiger partial charge in [-0.2, -0.15) is 9.61 Å². The molecule has 0 saturated carbocycles. The van der Waals surface area contributed by atoms with E-state index in [2.05, 4.69) is 31.2 Å². The summed E-state index contributed by atoms with van der Waals surface area (Å²) >= 11 is 3.42. The molecule has 0 aliphatic carbocycles. The second-order valence-corrected chi connectivity index (χ2v) is 4.96. The minimum atomic E-state index is 0.670. The van der Waals surface area contributed by atoms with E-state index < -0.39 is 0 Å². The maximum absolute atomic E-state index is 5.83. The summed E-state index contributed by atoms with van der Waals surface area (Å²) < 4.78 is 2.62. The standard InChI is InChI=1S/C12H10BrN5/c1-7-2-3-11-15-16-12(18(11)17-7)8-4-9(13)6-10(14)5-8/h2-6H,14H2,1H3. The molecule has 2 aromatic heterocycles. The summed E-state index contributed by atoms with van der Waals surface area (Å²) in [4.78, 5) is 0. The monoisotopic (exact) mass is 303 g/mol. The number of nitrogens with two attached hydrogens (primary N) is 1. The zero-order valence-corrected chi connectivity index (χ0v) is 11.2. The predicted molar refractivity (Wildman–Crippen MR) is 73.1 cm³/mol. The van der Waals surface area contributed by atoms with E-state index in [9.17, 15) is 0 Å². The zero-order valence-electron chi connectivity index (χ0n) is 9.63. The SMILES string of the molecule is Cc1ccc2nnc(-c3cc(N)cc(Br)c3)n2n1. The van der Waals surface area contributed by atoms with Crippen molar-refractivity contribution in [3.05, 3.63) is 40.5 Å². The lowest BCUT2D eigenvalue weighted by molar-refractivity contribution is 0.902. The third kappa shape index (κ3) is 1.84. The second kappa shape index (κ2) is 4.06. The molecule has 90 valence electrons. The van der Waals surface area contributed by atoms with Gasteiger partial charge in [0.1, 0.15) is 0 Å². The quantitative estimate of drug-likeness (QED) is 0.701. The molecule has 1 aromatic carbocycles. The van der Waals surface area contributed by atoms with Crippen molar-refractivity contribution in [1.82, 2.24) is 19.8 Å². The van der Waals surface area contributed by atoms with E-state index in [0.29, 0.717) is 17.2 Å². The Kier molecular flexibility index (Phi) is 2.52. The molecule has 6 heteroatoms. The molecule has 0 aliphatic heterocycles. The Hall–Kier alpha value is -1.95. The van der Waals surface area contributed by atoms with Crippen molar-refractivity contribution >= 4 is 27.3 Å². The molecular formula is C12H10BrN5. The molecule has 0 radical (unpaired) electrons. The second-order valence-electron chi connectivity index (χ2n) is 4.04. The van der Waals surface area contributed by atoms with Gasteiger partial charge in [-0.05, 0) is 37.3 Å². The topological polar surface area (TPSA) is 69.1 Å². The van der Waals surface area contributed by atoms with Gasteiger partial charge in [-0.3, -0.25) is 0 Å². The first-order valence-electron chi connectivity index (χ1n) is 5.39. The lowest BCUT2D eigenvalue weighted by atomic mass is 10.2. The van der Waals surface area contributed by atoms with Crippen molar-refractivity contribution in [2.45, 2.75) is 6.92 Å². The average Bonchev–Trinajstić information content (AvgIpc) is 2.70. The third-order valence-electron chi connectivity index (χ3n) is 2.57. The van der Waals surface area contributed by atoms with E-state index in [-0.39, 0.29) is 0 Å². The number of nitrogens with zero attached hydrogens (tertiary/aromatic N) is 4. The first-order valence-corrected chi connectivity index (χ1v) is 6.18. The van der Waals surface area contributed by atoms with Crippen LogP contribution in [0.25, 0.3) is 17.0 Å². The van der Waals surface area contributed by atoms with Gasteiger partial charge < -0.3 is 5.73 Å². The van der Waals surface area contributed by atoms with Crippen LogP contribution in [0.1, 0.15) is 5.69 Å². The number of rotatable bonds is 1. The number of aromatic nitrogens is 4. The molecule has 18 heavy (non-hydrogen) atoms. The van der Waals surface area contributed by atoms with Crippen molar-refractivity contribution in [1.29, 1.82) is 0 Å². The van der Waals surface area contributed by atoms with E-state index in [1.165, 1.54) is 0 Å². The number of halogens is 1. The Morgan fingerprint density at radius 1 is 1.17 bits per heavy atom. The first-order chi connectivity index (χ1) is 8.63. The number of benzene rings is 1. The Balaban J connectivity index is 2.27. The van der Waals surface area contributed by atoms with Crippen LogP contribution >= 0.6 is 15.9 Å². The maximum atomic E-state index is 5.83. The van der Waals surface area contributed by atoms with E-state index in [4.69, 9.17) is 5.73 Å². The molecule has 0 amide bonds.